The highest BCUT2D eigenvalue weighted by Gasteiger charge is 2.19. The van der Waals surface area contributed by atoms with Gasteiger partial charge in [-0.25, -0.2) is 0 Å². The predicted octanol–water partition coefficient (Wildman–Crippen LogP) is 1.73. The van der Waals surface area contributed by atoms with Crippen LogP contribution < -0.4 is 5.32 Å². The van der Waals surface area contributed by atoms with Crippen LogP contribution in [-0.4, -0.2) is 43.2 Å². The van der Waals surface area contributed by atoms with Crippen molar-refractivity contribution in [1.82, 2.24) is 9.88 Å². The second-order valence-electron chi connectivity index (χ2n) is 4.52. The summed E-state index contributed by atoms with van der Waals surface area (Å²) in [7, 11) is 3.73. The highest BCUT2D eigenvalue weighted by atomic mass is 16.5. The first-order chi connectivity index (χ1) is 8.31. The molecule has 17 heavy (non-hydrogen) atoms. The van der Waals surface area contributed by atoms with Crippen LogP contribution in [0.3, 0.4) is 0 Å². The molecule has 1 atom stereocenters. The molecule has 1 aromatic rings. The molecule has 0 aromatic carbocycles. The zero-order valence-corrected chi connectivity index (χ0v) is 10.6. The Bertz CT molecular complexity index is 356. The van der Waals surface area contributed by atoms with E-state index < -0.39 is 0 Å². The first-order valence-electron chi connectivity index (χ1n) is 6.19. The summed E-state index contributed by atoms with van der Waals surface area (Å²) in [5.74, 6) is 0. The Morgan fingerprint density at radius 1 is 1.59 bits per heavy atom. The number of likely N-dealkylation sites (tertiary alicyclic amines) is 1. The average molecular weight is 235 g/mol. The minimum Gasteiger partial charge on any atom is -0.388 e. The van der Waals surface area contributed by atoms with Gasteiger partial charge < -0.3 is 10.1 Å². The Morgan fingerprint density at radius 2 is 2.47 bits per heavy atom. The van der Waals surface area contributed by atoms with Crippen LogP contribution in [0.4, 0.5) is 5.69 Å². The van der Waals surface area contributed by atoms with E-state index in [1.54, 1.807) is 7.11 Å². The summed E-state index contributed by atoms with van der Waals surface area (Å²) in [6, 6.07) is 4.09. The lowest BCUT2D eigenvalue weighted by molar-refractivity contribution is 0.0281. The minimum absolute atomic E-state index is 0.385. The van der Waals surface area contributed by atoms with Gasteiger partial charge in [-0.2, -0.15) is 0 Å². The zero-order valence-electron chi connectivity index (χ0n) is 10.6. The van der Waals surface area contributed by atoms with E-state index in [1.165, 1.54) is 12.8 Å². The molecule has 1 unspecified atom stereocenters. The molecule has 0 bridgehead atoms. The molecule has 2 rings (SSSR count). The normalized spacial score (nSPS) is 21.4. The van der Waals surface area contributed by atoms with Gasteiger partial charge in [0, 0.05) is 39.1 Å². The fraction of sp³-hybridized carbons (Fsp3) is 0.615. The van der Waals surface area contributed by atoms with E-state index in [-0.39, 0.29) is 0 Å². The molecule has 94 valence electrons. The predicted molar refractivity (Wildman–Crippen MR) is 69.1 cm³/mol. The zero-order chi connectivity index (χ0) is 12.1. The van der Waals surface area contributed by atoms with Crippen molar-refractivity contribution in [3.63, 3.8) is 0 Å². The van der Waals surface area contributed by atoms with Crippen molar-refractivity contribution in [3.05, 3.63) is 24.0 Å². The lowest BCUT2D eigenvalue weighted by Gasteiger charge is -2.31. The van der Waals surface area contributed by atoms with Gasteiger partial charge in [0.05, 0.1) is 11.8 Å². The molecule has 1 saturated heterocycles. The smallest absolute Gasteiger partial charge is 0.0698 e. The number of rotatable bonds is 4. The largest absolute Gasteiger partial charge is 0.388 e. The van der Waals surface area contributed by atoms with Crippen LogP contribution in [0.25, 0.3) is 0 Å². The molecular formula is C13H21N3O. The fourth-order valence-corrected chi connectivity index (χ4v) is 2.30. The molecule has 4 nitrogen and oxygen atoms in total. The Morgan fingerprint density at radius 3 is 3.24 bits per heavy atom. The molecule has 0 saturated carbocycles. The van der Waals surface area contributed by atoms with E-state index in [0.717, 1.165) is 31.0 Å². The molecule has 0 amide bonds. The molecule has 4 heteroatoms. The van der Waals surface area contributed by atoms with Crippen molar-refractivity contribution in [2.75, 3.05) is 32.6 Å². The van der Waals surface area contributed by atoms with Gasteiger partial charge in [-0.1, -0.05) is 0 Å². The van der Waals surface area contributed by atoms with E-state index in [4.69, 9.17) is 4.74 Å². The maximum atomic E-state index is 5.43. The number of methoxy groups -OCH3 is 1. The van der Waals surface area contributed by atoms with Crippen LogP contribution in [0.15, 0.2) is 18.3 Å². The number of nitrogens with one attached hydrogen (secondary N) is 1. The van der Waals surface area contributed by atoms with Crippen LogP contribution in [0.1, 0.15) is 18.5 Å². The van der Waals surface area contributed by atoms with E-state index >= 15 is 0 Å². The maximum absolute atomic E-state index is 5.43. The molecule has 0 radical (unpaired) electrons. The molecule has 1 aliphatic rings. The van der Waals surface area contributed by atoms with Gasteiger partial charge in [0.1, 0.15) is 0 Å². The van der Waals surface area contributed by atoms with Crippen molar-refractivity contribution < 1.29 is 4.74 Å². The van der Waals surface area contributed by atoms with Gasteiger partial charge in [0.25, 0.3) is 0 Å². The SMILES string of the molecule is CNc1ccnc(CN2CCCC(OC)C2)c1. The number of nitrogens with zero attached hydrogens (tertiary/aromatic N) is 2. The Hall–Kier alpha value is -1.13. The van der Waals surface area contributed by atoms with Gasteiger partial charge in [0.15, 0.2) is 0 Å². The molecule has 0 spiro atoms. The summed E-state index contributed by atoms with van der Waals surface area (Å²) in [5.41, 5.74) is 2.24. The highest BCUT2D eigenvalue weighted by Crippen LogP contribution is 2.16. The van der Waals surface area contributed by atoms with Gasteiger partial charge in [-0.05, 0) is 31.5 Å². The standard InChI is InChI=1S/C13H21N3O/c1-14-11-5-6-15-12(8-11)9-16-7-3-4-13(10-16)17-2/h5-6,8,13H,3-4,7,9-10H2,1-2H3,(H,14,15). The first-order valence-corrected chi connectivity index (χ1v) is 6.19. The van der Waals surface area contributed by atoms with Crippen LogP contribution in [0.2, 0.25) is 0 Å². The van der Waals surface area contributed by atoms with E-state index in [9.17, 15) is 0 Å². The molecule has 1 aliphatic heterocycles. The summed E-state index contributed by atoms with van der Waals surface area (Å²) >= 11 is 0. The first kappa shape index (κ1) is 12.3. The Balaban J connectivity index is 1.95. The van der Waals surface area contributed by atoms with Crippen LogP contribution in [0, 0.1) is 0 Å². The third-order valence-corrected chi connectivity index (χ3v) is 3.29. The quantitative estimate of drug-likeness (QED) is 0.862. The van der Waals surface area contributed by atoms with Gasteiger partial charge >= 0.3 is 0 Å². The third-order valence-electron chi connectivity index (χ3n) is 3.29. The molecule has 1 aromatic heterocycles. The van der Waals surface area contributed by atoms with Crippen molar-refractivity contribution >= 4 is 5.69 Å². The minimum atomic E-state index is 0.385. The summed E-state index contributed by atoms with van der Waals surface area (Å²) in [6.45, 7) is 3.07. The molecule has 0 aliphatic carbocycles. The molecule has 1 fully saturated rings. The topological polar surface area (TPSA) is 37.4 Å². The fourth-order valence-electron chi connectivity index (χ4n) is 2.30. The average Bonchev–Trinajstić information content (AvgIpc) is 2.39. The number of ether oxygens (including phenoxy) is 1. The number of piperidine rings is 1. The second kappa shape index (κ2) is 5.98. The lowest BCUT2D eigenvalue weighted by Crippen LogP contribution is -2.38. The number of hydrogen-bond acceptors (Lipinski definition) is 4. The van der Waals surface area contributed by atoms with Gasteiger partial charge in [-0.3, -0.25) is 9.88 Å². The highest BCUT2D eigenvalue weighted by molar-refractivity contribution is 5.42. The monoisotopic (exact) mass is 235 g/mol. The van der Waals surface area contributed by atoms with Gasteiger partial charge in [-0.15, -0.1) is 0 Å². The number of aromatic nitrogens is 1. The van der Waals surface area contributed by atoms with Crippen LogP contribution in [0.5, 0.6) is 0 Å². The second-order valence-corrected chi connectivity index (χ2v) is 4.52. The summed E-state index contributed by atoms with van der Waals surface area (Å²) in [6.07, 6.45) is 4.64. The lowest BCUT2D eigenvalue weighted by atomic mass is 10.1. The van der Waals surface area contributed by atoms with E-state index in [2.05, 4.69) is 21.3 Å². The molecule has 2 heterocycles. The molecular weight excluding hydrogens is 214 g/mol. The number of anilines is 1. The van der Waals surface area contributed by atoms with E-state index in [0.29, 0.717) is 6.10 Å². The van der Waals surface area contributed by atoms with Crippen molar-refractivity contribution in [2.45, 2.75) is 25.5 Å². The van der Waals surface area contributed by atoms with Crippen molar-refractivity contribution in [3.8, 4) is 0 Å². The van der Waals surface area contributed by atoms with Crippen LogP contribution in [-0.2, 0) is 11.3 Å². The van der Waals surface area contributed by atoms with Gasteiger partial charge in [0.2, 0.25) is 0 Å². The number of hydrogen-bond donors (Lipinski definition) is 1. The third kappa shape index (κ3) is 3.41. The van der Waals surface area contributed by atoms with Crippen molar-refractivity contribution in [1.29, 1.82) is 0 Å². The van der Waals surface area contributed by atoms with Crippen LogP contribution >= 0.6 is 0 Å². The summed E-state index contributed by atoms with van der Waals surface area (Å²) in [4.78, 5) is 6.83. The maximum Gasteiger partial charge on any atom is 0.0698 e. The van der Waals surface area contributed by atoms with Crippen molar-refractivity contribution in [2.24, 2.45) is 0 Å². The molecule has 1 N–H and O–H groups in total. The summed E-state index contributed by atoms with van der Waals surface area (Å²) in [5, 5.41) is 3.14. The summed E-state index contributed by atoms with van der Waals surface area (Å²) < 4.78 is 5.43. The van der Waals surface area contributed by atoms with E-state index in [1.807, 2.05) is 19.3 Å². The number of pyridine rings is 1. The Kier molecular flexibility index (Phi) is 4.34. The Labute approximate surface area is 103 Å².